The molecule has 0 aromatic rings. The van der Waals surface area contributed by atoms with Gasteiger partial charge in [-0.15, -0.1) is 0 Å². The zero-order valence-corrected chi connectivity index (χ0v) is 10.1. The molecule has 84 valence electrons. The summed E-state index contributed by atoms with van der Waals surface area (Å²) in [4.78, 5) is 0. The molecule has 0 bridgehead atoms. The maximum absolute atomic E-state index is 5.47. The lowest BCUT2D eigenvalue weighted by Crippen LogP contribution is -2.26. The Balaban J connectivity index is 1.75. The van der Waals surface area contributed by atoms with E-state index in [4.69, 9.17) is 4.74 Å². The maximum Gasteiger partial charge on any atom is 0.0590 e. The average molecular weight is 217 g/mol. The highest BCUT2D eigenvalue weighted by atomic mass is 32.2. The Morgan fingerprint density at radius 1 is 1.43 bits per heavy atom. The van der Waals surface area contributed by atoms with E-state index in [1.165, 1.54) is 37.3 Å². The van der Waals surface area contributed by atoms with Crippen LogP contribution in [0.3, 0.4) is 0 Å². The van der Waals surface area contributed by atoms with E-state index in [9.17, 15) is 0 Å². The van der Waals surface area contributed by atoms with E-state index >= 15 is 0 Å². The van der Waals surface area contributed by atoms with Crippen LogP contribution in [0.2, 0.25) is 0 Å². The highest BCUT2D eigenvalue weighted by Gasteiger charge is 2.14. The normalized spacial score (nSPS) is 21.6. The molecule has 14 heavy (non-hydrogen) atoms. The summed E-state index contributed by atoms with van der Waals surface area (Å²) in [7, 11) is 0. The quantitative estimate of drug-likeness (QED) is 0.630. The van der Waals surface area contributed by atoms with Crippen LogP contribution in [0.25, 0.3) is 0 Å². The number of rotatable bonds is 8. The molecule has 1 fully saturated rings. The smallest absolute Gasteiger partial charge is 0.0590 e. The summed E-state index contributed by atoms with van der Waals surface area (Å²) in [6, 6.07) is 0. The predicted molar refractivity (Wildman–Crippen MR) is 64.0 cm³/mol. The Hall–Kier alpha value is 0.270. The number of unbranched alkanes of at least 4 members (excludes halogenated alkanes) is 1. The van der Waals surface area contributed by atoms with Crippen molar-refractivity contribution in [2.24, 2.45) is 5.92 Å². The highest BCUT2D eigenvalue weighted by Crippen LogP contribution is 2.22. The molecule has 0 aromatic carbocycles. The summed E-state index contributed by atoms with van der Waals surface area (Å²) in [6.07, 6.45) is 3.82. The van der Waals surface area contributed by atoms with E-state index in [0.717, 1.165) is 25.7 Å². The van der Waals surface area contributed by atoms with Gasteiger partial charge in [0.05, 0.1) is 6.61 Å². The first-order valence-corrected chi connectivity index (χ1v) is 6.95. The molecular formula is C11H23NOS. The van der Waals surface area contributed by atoms with Crippen molar-refractivity contribution in [3.63, 3.8) is 0 Å². The maximum atomic E-state index is 5.47. The molecule has 1 aliphatic rings. The molecule has 1 rings (SSSR count). The summed E-state index contributed by atoms with van der Waals surface area (Å²) in [6.45, 7) is 6.20. The third-order valence-corrected chi connectivity index (χ3v) is 3.75. The second-order valence-electron chi connectivity index (χ2n) is 3.90. The Kier molecular flexibility index (Phi) is 7.55. The minimum atomic E-state index is 0.875. The van der Waals surface area contributed by atoms with Gasteiger partial charge in [-0.2, -0.15) is 11.8 Å². The van der Waals surface area contributed by atoms with Crippen LogP contribution in [-0.4, -0.2) is 37.8 Å². The van der Waals surface area contributed by atoms with Crippen LogP contribution >= 0.6 is 11.8 Å². The molecule has 1 aliphatic heterocycles. The van der Waals surface area contributed by atoms with E-state index in [1.807, 2.05) is 0 Å². The van der Waals surface area contributed by atoms with Crippen molar-refractivity contribution in [2.75, 3.05) is 37.8 Å². The van der Waals surface area contributed by atoms with Crippen molar-refractivity contribution in [1.82, 2.24) is 5.32 Å². The molecule has 0 aromatic heterocycles. The van der Waals surface area contributed by atoms with E-state index in [1.54, 1.807) is 0 Å². The number of thioether (sulfide) groups is 1. The van der Waals surface area contributed by atoms with Crippen LogP contribution in [0.1, 0.15) is 26.2 Å². The lowest BCUT2D eigenvalue weighted by Gasteiger charge is -2.09. The summed E-state index contributed by atoms with van der Waals surface area (Å²) < 4.78 is 5.47. The molecule has 0 spiro atoms. The Morgan fingerprint density at radius 3 is 3.07 bits per heavy atom. The predicted octanol–water partition coefficient (Wildman–Crippen LogP) is 2.15. The second kappa shape index (κ2) is 8.57. The van der Waals surface area contributed by atoms with Crippen LogP contribution in [0, 0.1) is 5.92 Å². The molecule has 0 aliphatic carbocycles. The molecule has 2 nitrogen and oxygen atoms in total. The first-order valence-electron chi connectivity index (χ1n) is 5.79. The van der Waals surface area contributed by atoms with Gasteiger partial charge in [0.1, 0.15) is 0 Å². The molecule has 3 heteroatoms. The number of hydrogen-bond donors (Lipinski definition) is 1. The summed E-state index contributed by atoms with van der Waals surface area (Å²) >= 11 is 2.09. The van der Waals surface area contributed by atoms with Gasteiger partial charge >= 0.3 is 0 Å². The van der Waals surface area contributed by atoms with Crippen molar-refractivity contribution >= 4 is 11.8 Å². The molecule has 0 saturated carbocycles. The standard InChI is InChI=1S/C11H23NOS/c1-2-3-6-13-7-5-12-9-11-4-8-14-10-11/h11-12H,2-10H2,1H3. The number of hydrogen-bond acceptors (Lipinski definition) is 3. The topological polar surface area (TPSA) is 21.3 Å². The Bertz CT molecular complexity index is 126. The Labute approximate surface area is 92.2 Å². The summed E-state index contributed by atoms with van der Waals surface area (Å²) in [5.74, 6) is 3.62. The minimum absolute atomic E-state index is 0.875. The molecule has 1 unspecified atom stereocenters. The van der Waals surface area contributed by atoms with E-state index in [2.05, 4.69) is 24.0 Å². The lowest BCUT2D eigenvalue weighted by atomic mass is 10.1. The van der Waals surface area contributed by atoms with Gasteiger partial charge in [-0.25, -0.2) is 0 Å². The fourth-order valence-corrected chi connectivity index (χ4v) is 2.83. The molecule has 1 saturated heterocycles. The van der Waals surface area contributed by atoms with Gasteiger partial charge in [-0.1, -0.05) is 13.3 Å². The van der Waals surface area contributed by atoms with Gasteiger partial charge in [0.15, 0.2) is 0 Å². The van der Waals surface area contributed by atoms with E-state index in [0.29, 0.717) is 0 Å². The largest absolute Gasteiger partial charge is 0.380 e. The van der Waals surface area contributed by atoms with Gasteiger partial charge < -0.3 is 10.1 Å². The molecule has 0 amide bonds. The molecular weight excluding hydrogens is 194 g/mol. The summed E-state index contributed by atoms with van der Waals surface area (Å²) in [5, 5.41) is 3.47. The number of ether oxygens (including phenoxy) is 1. The first-order chi connectivity index (χ1) is 6.93. The van der Waals surface area contributed by atoms with Crippen molar-refractivity contribution in [3.8, 4) is 0 Å². The minimum Gasteiger partial charge on any atom is -0.380 e. The van der Waals surface area contributed by atoms with E-state index < -0.39 is 0 Å². The van der Waals surface area contributed by atoms with Gasteiger partial charge in [-0.3, -0.25) is 0 Å². The fourth-order valence-electron chi connectivity index (χ4n) is 1.54. The number of nitrogens with one attached hydrogen (secondary N) is 1. The van der Waals surface area contributed by atoms with Crippen LogP contribution < -0.4 is 5.32 Å². The molecule has 1 atom stereocenters. The molecule has 1 heterocycles. The lowest BCUT2D eigenvalue weighted by molar-refractivity contribution is 0.132. The SMILES string of the molecule is CCCCOCCNCC1CCSC1. The van der Waals surface area contributed by atoms with Crippen LogP contribution in [0.4, 0.5) is 0 Å². The van der Waals surface area contributed by atoms with Crippen LogP contribution in [0.15, 0.2) is 0 Å². The highest BCUT2D eigenvalue weighted by molar-refractivity contribution is 7.99. The third kappa shape index (κ3) is 5.89. The van der Waals surface area contributed by atoms with Gasteiger partial charge in [0.25, 0.3) is 0 Å². The zero-order chi connectivity index (χ0) is 10.1. The first kappa shape index (κ1) is 12.3. The average Bonchev–Trinajstić information content (AvgIpc) is 2.69. The van der Waals surface area contributed by atoms with Gasteiger partial charge in [0.2, 0.25) is 0 Å². The molecule has 0 radical (unpaired) electrons. The van der Waals surface area contributed by atoms with Crippen LogP contribution in [-0.2, 0) is 4.74 Å². The van der Waals surface area contributed by atoms with Crippen molar-refractivity contribution in [2.45, 2.75) is 26.2 Å². The summed E-state index contributed by atoms with van der Waals surface area (Å²) in [5.41, 5.74) is 0. The third-order valence-electron chi connectivity index (χ3n) is 2.52. The monoisotopic (exact) mass is 217 g/mol. The fraction of sp³-hybridized carbons (Fsp3) is 1.00. The second-order valence-corrected chi connectivity index (χ2v) is 5.05. The van der Waals surface area contributed by atoms with E-state index in [-0.39, 0.29) is 0 Å². The van der Waals surface area contributed by atoms with Gasteiger partial charge in [0, 0.05) is 13.2 Å². The van der Waals surface area contributed by atoms with Crippen molar-refractivity contribution in [3.05, 3.63) is 0 Å². The van der Waals surface area contributed by atoms with Crippen LogP contribution in [0.5, 0.6) is 0 Å². The Morgan fingerprint density at radius 2 is 2.36 bits per heavy atom. The van der Waals surface area contributed by atoms with Crippen molar-refractivity contribution in [1.29, 1.82) is 0 Å². The molecule has 1 N–H and O–H groups in total. The zero-order valence-electron chi connectivity index (χ0n) is 9.26. The van der Waals surface area contributed by atoms with Crippen molar-refractivity contribution < 1.29 is 4.74 Å². The van der Waals surface area contributed by atoms with Gasteiger partial charge in [-0.05, 0) is 36.8 Å².